The van der Waals surface area contributed by atoms with Crippen LogP contribution in [-0.4, -0.2) is 37.0 Å². The number of benzene rings is 1. The molecule has 1 fully saturated rings. The molecule has 0 radical (unpaired) electrons. The number of nitrogens with one attached hydrogen (secondary N) is 1. The van der Waals surface area contributed by atoms with Gasteiger partial charge in [-0.05, 0) is 38.1 Å². The van der Waals surface area contributed by atoms with E-state index in [4.69, 9.17) is 23.2 Å². The van der Waals surface area contributed by atoms with Gasteiger partial charge in [0.25, 0.3) is 5.91 Å². The van der Waals surface area contributed by atoms with E-state index in [0.29, 0.717) is 21.7 Å². The Morgan fingerprint density at radius 1 is 1.21 bits per heavy atom. The molecule has 6 heteroatoms. The first kappa shape index (κ1) is 16.6. The van der Waals surface area contributed by atoms with Crippen LogP contribution in [0.4, 0.5) is 0 Å². The minimum absolute atomic E-state index is 0. The molecule has 3 nitrogen and oxygen atoms in total. The Morgan fingerprint density at radius 2 is 1.74 bits per heavy atom. The standard InChI is InChI=1S/C13H16Cl2N2O.ClH/c1-16-12-2-4-17(5-3-12)13(18)9-6-10(14)8-11(15)7-9;/h6-8,12,16H,2-5H2,1H3;1H. The fourth-order valence-corrected chi connectivity index (χ4v) is 2.76. The lowest BCUT2D eigenvalue weighted by atomic mass is 10.0. The van der Waals surface area contributed by atoms with E-state index in [1.807, 2.05) is 11.9 Å². The van der Waals surface area contributed by atoms with Crippen molar-refractivity contribution < 1.29 is 4.79 Å². The van der Waals surface area contributed by atoms with Crippen LogP contribution < -0.4 is 5.32 Å². The number of carbonyl (C=O) groups excluding carboxylic acids is 1. The lowest BCUT2D eigenvalue weighted by molar-refractivity contribution is 0.0707. The summed E-state index contributed by atoms with van der Waals surface area (Å²) in [6, 6.07) is 5.48. The third-order valence-electron chi connectivity index (χ3n) is 3.30. The second-order valence-electron chi connectivity index (χ2n) is 4.51. The average molecular weight is 324 g/mol. The number of nitrogens with zero attached hydrogens (tertiary/aromatic N) is 1. The van der Waals surface area contributed by atoms with Gasteiger partial charge in [0.05, 0.1) is 0 Å². The summed E-state index contributed by atoms with van der Waals surface area (Å²) in [5.74, 6) is 0.00829. The summed E-state index contributed by atoms with van der Waals surface area (Å²) in [6.45, 7) is 1.54. The molecule has 1 aromatic carbocycles. The summed E-state index contributed by atoms with van der Waals surface area (Å²) < 4.78 is 0. The van der Waals surface area contributed by atoms with Crippen LogP contribution in [0.25, 0.3) is 0 Å². The average Bonchev–Trinajstić information content (AvgIpc) is 2.37. The molecular weight excluding hydrogens is 307 g/mol. The zero-order chi connectivity index (χ0) is 13.1. The van der Waals surface area contributed by atoms with E-state index < -0.39 is 0 Å². The highest BCUT2D eigenvalue weighted by Gasteiger charge is 2.23. The Labute approximate surface area is 129 Å². The van der Waals surface area contributed by atoms with Crippen molar-refractivity contribution in [3.63, 3.8) is 0 Å². The van der Waals surface area contributed by atoms with E-state index in [2.05, 4.69) is 5.32 Å². The largest absolute Gasteiger partial charge is 0.339 e. The quantitative estimate of drug-likeness (QED) is 0.906. The molecule has 2 rings (SSSR count). The molecular formula is C13H17Cl3N2O. The molecule has 1 aromatic rings. The van der Waals surface area contributed by atoms with Crippen LogP contribution in [0, 0.1) is 0 Å². The minimum atomic E-state index is 0. The van der Waals surface area contributed by atoms with E-state index in [9.17, 15) is 4.79 Å². The van der Waals surface area contributed by atoms with Crippen molar-refractivity contribution in [3.05, 3.63) is 33.8 Å². The summed E-state index contributed by atoms with van der Waals surface area (Å²) in [5, 5.41) is 4.23. The second kappa shape index (κ2) is 7.34. The Kier molecular flexibility index (Phi) is 6.40. The highest BCUT2D eigenvalue weighted by atomic mass is 35.5. The van der Waals surface area contributed by atoms with Crippen LogP contribution in [0.15, 0.2) is 18.2 Å². The predicted octanol–water partition coefficient (Wildman–Crippen LogP) is 3.24. The van der Waals surface area contributed by atoms with E-state index in [-0.39, 0.29) is 18.3 Å². The topological polar surface area (TPSA) is 32.3 Å². The van der Waals surface area contributed by atoms with Crippen molar-refractivity contribution in [2.24, 2.45) is 0 Å². The second-order valence-corrected chi connectivity index (χ2v) is 5.39. The minimum Gasteiger partial charge on any atom is -0.339 e. The van der Waals surface area contributed by atoms with Crippen LogP contribution in [0.2, 0.25) is 10.0 Å². The molecule has 0 bridgehead atoms. The van der Waals surface area contributed by atoms with Gasteiger partial charge in [-0.3, -0.25) is 4.79 Å². The van der Waals surface area contributed by atoms with Gasteiger partial charge in [-0.2, -0.15) is 0 Å². The molecule has 1 aliphatic rings. The van der Waals surface area contributed by atoms with Gasteiger partial charge in [0.15, 0.2) is 0 Å². The van der Waals surface area contributed by atoms with Crippen LogP contribution in [0.5, 0.6) is 0 Å². The molecule has 0 spiro atoms. The summed E-state index contributed by atoms with van der Waals surface area (Å²) in [5.41, 5.74) is 0.565. The molecule has 1 aliphatic heterocycles. The molecule has 1 N–H and O–H groups in total. The number of hydrogen-bond acceptors (Lipinski definition) is 2. The maximum atomic E-state index is 12.3. The highest BCUT2D eigenvalue weighted by Crippen LogP contribution is 2.21. The highest BCUT2D eigenvalue weighted by molar-refractivity contribution is 6.35. The van der Waals surface area contributed by atoms with Crippen LogP contribution in [0.1, 0.15) is 23.2 Å². The van der Waals surface area contributed by atoms with Crippen molar-refractivity contribution in [3.8, 4) is 0 Å². The first-order chi connectivity index (χ1) is 8.60. The molecule has 1 saturated heterocycles. The monoisotopic (exact) mass is 322 g/mol. The van der Waals surface area contributed by atoms with Gasteiger partial charge in [-0.25, -0.2) is 0 Å². The van der Waals surface area contributed by atoms with Gasteiger partial charge in [0.2, 0.25) is 0 Å². The Bertz CT molecular complexity index is 425. The fourth-order valence-electron chi connectivity index (χ4n) is 2.23. The lowest BCUT2D eigenvalue weighted by Gasteiger charge is -2.31. The smallest absolute Gasteiger partial charge is 0.253 e. The fraction of sp³-hybridized carbons (Fsp3) is 0.462. The molecule has 19 heavy (non-hydrogen) atoms. The van der Waals surface area contributed by atoms with Crippen molar-refractivity contribution in [1.29, 1.82) is 0 Å². The number of likely N-dealkylation sites (tertiary alicyclic amines) is 1. The predicted molar refractivity (Wildman–Crippen MR) is 81.7 cm³/mol. The van der Waals surface area contributed by atoms with E-state index >= 15 is 0 Å². The van der Waals surface area contributed by atoms with Gasteiger partial charge in [0.1, 0.15) is 0 Å². The molecule has 0 unspecified atom stereocenters. The molecule has 1 heterocycles. The Morgan fingerprint density at radius 3 is 2.21 bits per heavy atom. The molecule has 1 amide bonds. The zero-order valence-electron chi connectivity index (χ0n) is 10.7. The van der Waals surface area contributed by atoms with E-state index in [1.165, 1.54) is 0 Å². The summed E-state index contributed by atoms with van der Waals surface area (Å²) in [4.78, 5) is 14.1. The third-order valence-corrected chi connectivity index (χ3v) is 3.74. The number of carbonyl (C=O) groups is 1. The van der Waals surface area contributed by atoms with E-state index in [1.54, 1.807) is 18.2 Å². The zero-order valence-corrected chi connectivity index (χ0v) is 13.0. The van der Waals surface area contributed by atoms with Gasteiger partial charge in [-0.15, -0.1) is 12.4 Å². The molecule has 0 saturated carbocycles. The Balaban J connectivity index is 0.00000180. The van der Waals surface area contributed by atoms with Crippen LogP contribution >= 0.6 is 35.6 Å². The number of rotatable bonds is 2. The maximum Gasteiger partial charge on any atom is 0.253 e. The number of amides is 1. The molecule has 106 valence electrons. The van der Waals surface area contributed by atoms with Crippen molar-refractivity contribution in [2.75, 3.05) is 20.1 Å². The first-order valence-electron chi connectivity index (χ1n) is 6.03. The molecule has 0 aliphatic carbocycles. The number of piperidine rings is 1. The van der Waals surface area contributed by atoms with Crippen molar-refractivity contribution in [1.82, 2.24) is 10.2 Å². The van der Waals surface area contributed by atoms with Crippen LogP contribution in [-0.2, 0) is 0 Å². The normalized spacial score (nSPS) is 16.1. The maximum absolute atomic E-state index is 12.3. The number of halogens is 3. The van der Waals surface area contributed by atoms with Crippen molar-refractivity contribution >= 4 is 41.5 Å². The van der Waals surface area contributed by atoms with E-state index in [0.717, 1.165) is 25.9 Å². The molecule has 0 aromatic heterocycles. The van der Waals surface area contributed by atoms with Crippen LogP contribution in [0.3, 0.4) is 0 Å². The SMILES string of the molecule is CNC1CCN(C(=O)c2cc(Cl)cc(Cl)c2)CC1.Cl. The van der Waals surface area contributed by atoms with Gasteiger partial charge >= 0.3 is 0 Å². The Hall–Kier alpha value is -0.480. The summed E-state index contributed by atoms with van der Waals surface area (Å²) in [6.07, 6.45) is 1.97. The van der Waals surface area contributed by atoms with Crippen molar-refractivity contribution in [2.45, 2.75) is 18.9 Å². The van der Waals surface area contributed by atoms with Gasteiger partial charge < -0.3 is 10.2 Å². The third kappa shape index (κ3) is 4.25. The summed E-state index contributed by atoms with van der Waals surface area (Å²) >= 11 is 11.8. The first-order valence-corrected chi connectivity index (χ1v) is 6.78. The van der Waals surface area contributed by atoms with Gasteiger partial charge in [0, 0.05) is 34.7 Å². The molecule has 0 atom stereocenters. The lowest BCUT2D eigenvalue weighted by Crippen LogP contribution is -2.43. The number of hydrogen-bond donors (Lipinski definition) is 1. The van der Waals surface area contributed by atoms with Gasteiger partial charge in [-0.1, -0.05) is 23.2 Å². The summed E-state index contributed by atoms with van der Waals surface area (Å²) in [7, 11) is 1.96.